The standard InChI is InChI=1S/C14H7F9N2O3S/c15-6-1-5(3-25(12(6)27)4-9(16)17)24-11(26)8-2-7(28-14(21,22)23)10(29-8)13(18,19)20/h1-3,9H,4H2,(H,24,26). The Balaban J connectivity index is 2.36. The zero-order chi connectivity index (χ0) is 22.1. The monoisotopic (exact) mass is 454 g/mol. The molecule has 1 N–H and O–H groups in total. The number of alkyl halides is 8. The minimum Gasteiger partial charge on any atom is -0.404 e. The molecule has 0 fully saturated rings. The molecule has 0 spiro atoms. The van der Waals surface area contributed by atoms with Crippen molar-refractivity contribution < 1.29 is 49.0 Å². The van der Waals surface area contributed by atoms with Gasteiger partial charge in [0.2, 0.25) is 0 Å². The third kappa shape index (κ3) is 5.88. The Hall–Kier alpha value is -2.71. The zero-order valence-electron chi connectivity index (χ0n) is 13.5. The van der Waals surface area contributed by atoms with Gasteiger partial charge in [0.05, 0.1) is 17.1 Å². The van der Waals surface area contributed by atoms with Gasteiger partial charge in [-0.2, -0.15) is 13.2 Å². The van der Waals surface area contributed by atoms with E-state index in [1.165, 1.54) is 0 Å². The number of aromatic nitrogens is 1. The summed E-state index contributed by atoms with van der Waals surface area (Å²) in [5.74, 6) is -4.64. The summed E-state index contributed by atoms with van der Waals surface area (Å²) >= 11 is -0.388. The normalized spacial score (nSPS) is 12.3. The van der Waals surface area contributed by atoms with Crippen molar-refractivity contribution >= 4 is 22.9 Å². The molecule has 0 unspecified atom stereocenters. The Bertz CT molecular complexity index is 963. The molecular formula is C14H7F9N2O3S. The average Bonchev–Trinajstić information content (AvgIpc) is 2.93. The maximum absolute atomic E-state index is 13.5. The average molecular weight is 454 g/mol. The number of pyridine rings is 1. The first-order valence-electron chi connectivity index (χ1n) is 7.13. The molecule has 1 amide bonds. The molecule has 0 atom stereocenters. The first-order valence-corrected chi connectivity index (χ1v) is 7.95. The summed E-state index contributed by atoms with van der Waals surface area (Å²) in [5.41, 5.74) is -2.03. The molecule has 0 saturated carbocycles. The number of nitrogens with zero attached hydrogens (tertiary/aromatic N) is 1. The highest BCUT2D eigenvalue weighted by Gasteiger charge is 2.42. The van der Waals surface area contributed by atoms with Gasteiger partial charge in [0.15, 0.2) is 16.4 Å². The number of halogens is 9. The number of ether oxygens (including phenoxy) is 1. The lowest BCUT2D eigenvalue weighted by molar-refractivity contribution is -0.276. The number of hydrogen-bond donors (Lipinski definition) is 1. The van der Waals surface area contributed by atoms with Gasteiger partial charge in [-0.25, -0.2) is 13.2 Å². The predicted octanol–water partition coefficient (Wildman–Crippen LogP) is 4.48. The molecule has 2 heterocycles. The summed E-state index contributed by atoms with van der Waals surface area (Å²) < 4.78 is 117. The molecule has 0 aliphatic carbocycles. The van der Waals surface area contributed by atoms with Crippen molar-refractivity contribution in [1.29, 1.82) is 0 Å². The largest absolute Gasteiger partial charge is 0.573 e. The number of rotatable bonds is 5. The molecule has 2 aromatic heterocycles. The summed E-state index contributed by atoms with van der Waals surface area (Å²) in [4.78, 5) is 20.7. The molecule has 5 nitrogen and oxygen atoms in total. The number of thiophene rings is 1. The van der Waals surface area contributed by atoms with Crippen molar-refractivity contribution in [3.63, 3.8) is 0 Å². The highest BCUT2D eigenvalue weighted by molar-refractivity contribution is 7.14. The van der Waals surface area contributed by atoms with E-state index in [2.05, 4.69) is 4.74 Å². The topological polar surface area (TPSA) is 60.3 Å². The van der Waals surface area contributed by atoms with Gasteiger partial charge in [0.25, 0.3) is 17.9 Å². The van der Waals surface area contributed by atoms with Crippen LogP contribution in [0.5, 0.6) is 5.75 Å². The lowest BCUT2D eigenvalue weighted by Gasteiger charge is -2.10. The van der Waals surface area contributed by atoms with Crippen molar-refractivity contribution in [2.45, 2.75) is 25.5 Å². The lowest BCUT2D eigenvalue weighted by atomic mass is 10.3. The third-order valence-corrected chi connectivity index (χ3v) is 4.20. The second-order valence-corrected chi connectivity index (χ2v) is 6.28. The van der Waals surface area contributed by atoms with Gasteiger partial charge < -0.3 is 14.6 Å². The highest BCUT2D eigenvalue weighted by Crippen LogP contribution is 2.44. The van der Waals surface area contributed by atoms with Crippen LogP contribution in [-0.4, -0.2) is 23.3 Å². The summed E-state index contributed by atoms with van der Waals surface area (Å²) in [7, 11) is 0. The smallest absolute Gasteiger partial charge is 0.404 e. The number of carbonyl (C=O) groups excluding carboxylic acids is 1. The molecular weight excluding hydrogens is 447 g/mol. The predicted molar refractivity (Wildman–Crippen MR) is 80.6 cm³/mol. The molecule has 0 saturated heterocycles. The fourth-order valence-corrected chi connectivity index (χ4v) is 2.88. The quantitative estimate of drug-likeness (QED) is 0.678. The third-order valence-electron chi connectivity index (χ3n) is 3.04. The SMILES string of the molecule is O=C(Nc1cc(F)c(=O)n(CC(F)F)c1)c1cc(OC(F)(F)F)c(C(F)(F)F)s1. The van der Waals surface area contributed by atoms with E-state index in [9.17, 15) is 49.1 Å². The summed E-state index contributed by atoms with van der Waals surface area (Å²) in [6.07, 6.45) is -13.2. The Morgan fingerprint density at radius 2 is 1.79 bits per heavy atom. The van der Waals surface area contributed by atoms with Crippen molar-refractivity contribution in [1.82, 2.24) is 4.57 Å². The van der Waals surface area contributed by atoms with Crippen LogP contribution in [0.25, 0.3) is 0 Å². The van der Waals surface area contributed by atoms with E-state index in [1.807, 2.05) is 5.32 Å². The van der Waals surface area contributed by atoms with E-state index in [-0.39, 0.29) is 22.0 Å². The van der Waals surface area contributed by atoms with Gasteiger partial charge in [-0.05, 0) is 0 Å². The van der Waals surface area contributed by atoms with E-state index in [4.69, 9.17) is 0 Å². The van der Waals surface area contributed by atoms with Gasteiger partial charge in [-0.1, -0.05) is 0 Å². The second kappa shape index (κ2) is 7.96. The van der Waals surface area contributed by atoms with Gasteiger partial charge in [0.1, 0.15) is 0 Å². The van der Waals surface area contributed by atoms with Crippen LogP contribution in [0.1, 0.15) is 14.5 Å². The van der Waals surface area contributed by atoms with E-state index in [0.717, 1.165) is 0 Å². The molecule has 0 radical (unpaired) electrons. The molecule has 29 heavy (non-hydrogen) atoms. The van der Waals surface area contributed by atoms with Crippen LogP contribution in [0.2, 0.25) is 0 Å². The molecule has 0 aliphatic rings. The lowest BCUT2D eigenvalue weighted by Crippen LogP contribution is -2.26. The van der Waals surface area contributed by atoms with Crippen LogP contribution in [0.3, 0.4) is 0 Å². The molecule has 15 heteroatoms. The summed E-state index contributed by atoms with van der Waals surface area (Å²) in [5, 5.41) is 1.82. The van der Waals surface area contributed by atoms with E-state index in [0.29, 0.717) is 12.3 Å². The first kappa shape index (κ1) is 22.6. The summed E-state index contributed by atoms with van der Waals surface area (Å²) in [6, 6.07) is 0.579. The van der Waals surface area contributed by atoms with Gasteiger partial charge in [0, 0.05) is 18.3 Å². The number of anilines is 1. The number of carbonyl (C=O) groups is 1. The van der Waals surface area contributed by atoms with Crippen molar-refractivity contribution in [3.8, 4) is 5.75 Å². The van der Waals surface area contributed by atoms with Crippen LogP contribution < -0.4 is 15.6 Å². The van der Waals surface area contributed by atoms with E-state index in [1.54, 1.807) is 0 Å². The fraction of sp³-hybridized carbons (Fsp3) is 0.286. The molecule has 0 aromatic carbocycles. The van der Waals surface area contributed by atoms with Crippen molar-refractivity contribution in [2.24, 2.45) is 0 Å². The van der Waals surface area contributed by atoms with Crippen LogP contribution in [0.4, 0.5) is 45.2 Å². The van der Waals surface area contributed by atoms with Gasteiger partial charge in [-0.3, -0.25) is 9.59 Å². The second-order valence-electron chi connectivity index (χ2n) is 5.23. The Morgan fingerprint density at radius 3 is 2.31 bits per heavy atom. The molecule has 2 rings (SSSR count). The van der Waals surface area contributed by atoms with Gasteiger partial charge >= 0.3 is 12.5 Å². The molecule has 160 valence electrons. The maximum atomic E-state index is 13.5. The van der Waals surface area contributed by atoms with E-state index >= 15 is 0 Å². The van der Waals surface area contributed by atoms with Crippen LogP contribution in [0.15, 0.2) is 23.1 Å². The zero-order valence-corrected chi connectivity index (χ0v) is 14.3. The molecule has 2 aromatic rings. The van der Waals surface area contributed by atoms with E-state index < -0.39 is 64.0 Å². The van der Waals surface area contributed by atoms with Crippen molar-refractivity contribution in [3.05, 3.63) is 44.3 Å². The number of hydrogen-bond acceptors (Lipinski definition) is 4. The maximum Gasteiger partial charge on any atom is 0.573 e. The summed E-state index contributed by atoms with van der Waals surface area (Å²) in [6.45, 7) is -1.24. The Kier molecular flexibility index (Phi) is 6.20. The number of nitrogens with one attached hydrogen (secondary N) is 1. The minimum atomic E-state index is -5.47. The molecule has 0 aliphatic heterocycles. The number of amides is 1. The first-order chi connectivity index (χ1) is 13.2. The van der Waals surface area contributed by atoms with Crippen LogP contribution in [-0.2, 0) is 12.7 Å². The van der Waals surface area contributed by atoms with Crippen LogP contribution >= 0.6 is 11.3 Å². The Morgan fingerprint density at radius 1 is 1.17 bits per heavy atom. The Labute approximate surface area is 158 Å². The highest BCUT2D eigenvalue weighted by atomic mass is 32.1. The van der Waals surface area contributed by atoms with Crippen LogP contribution in [0, 0.1) is 5.82 Å². The molecule has 0 bridgehead atoms. The van der Waals surface area contributed by atoms with Gasteiger partial charge in [-0.15, -0.1) is 24.5 Å². The van der Waals surface area contributed by atoms with Crippen molar-refractivity contribution in [2.75, 3.05) is 5.32 Å². The fourth-order valence-electron chi connectivity index (χ4n) is 2.03. The minimum absolute atomic E-state index is 0.169.